The molecular weight excluding hydrogens is 372 g/mol. The van der Waals surface area contributed by atoms with Gasteiger partial charge in [-0.3, -0.25) is 0 Å². The van der Waals surface area contributed by atoms with E-state index in [1.807, 2.05) is 35.1 Å². The van der Waals surface area contributed by atoms with Crippen molar-refractivity contribution in [2.45, 2.75) is 19.8 Å². The number of nitrogens with zero attached hydrogens (tertiary/aromatic N) is 6. The Hall–Kier alpha value is -3.41. The maximum Gasteiger partial charge on any atom is 0.165 e. The van der Waals surface area contributed by atoms with Gasteiger partial charge < -0.3 is 9.80 Å². The Kier molecular flexibility index (Phi) is 4.83. The highest BCUT2D eigenvalue weighted by atomic mass is 15.4. The standard InChI is InChI=1S/C24H26N6/c1-18(2)21-16-23(29-14-12-28(13-15-29)22-10-6-7-11-25-22)30-24(27-21)20(17-26-30)19-8-4-3-5-9-19/h3-11,16-18H,12-15H2,1-2H3. The van der Waals surface area contributed by atoms with Crippen LogP contribution >= 0.6 is 0 Å². The van der Waals surface area contributed by atoms with Crippen LogP contribution < -0.4 is 9.80 Å². The molecule has 30 heavy (non-hydrogen) atoms. The molecule has 0 N–H and O–H groups in total. The van der Waals surface area contributed by atoms with E-state index in [-0.39, 0.29) is 0 Å². The second kappa shape index (κ2) is 7.78. The summed E-state index contributed by atoms with van der Waals surface area (Å²) in [4.78, 5) is 14.2. The number of pyridine rings is 1. The molecule has 1 aliphatic heterocycles. The van der Waals surface area contributed by atoms with Crippen molar-refractivity contribution in [3.8, 4) is 11.1 Å². The van der Waals surface area contributed by atoms with Gasteiger partial charge in [-0.05, 0) is 23.6 Å². The minimum absolute atomic E-state index is 0.349. The van der Waals surface area contributed by atoms with Gasteiger partial charge in [0.2, 0.25) is 0 Å². The van der Waals surface area contributed by atoms with Gasteiger partial charge >= 0.3 is 0 Å². The average Bonchev–Trinajstić information content (AvgIpc) is 3.24. The largest absolute Gasteiger partial charge is 0.353 e. The second-order valence-electron chi connectivity index (χ2n) is 8.02. The Labute approximate surface area is 176 Å². The quantitative estimate of drug-likeness (QED) is 0.515. The predicted octanol–water partition coefficient (Wildman–Crippen LogP) is 4.24. The lowest BCUT2D eigenvalue weighted by Gasteiger charge is -2.36. The fraction of sp³-hybridized carbons (Fsp3) is 0.292. The van der Waals surface area contributed by atoms with Crippen molar-refractivity contribution in [1.29, 1.82) is 0 Å². The lowest BCUT2D eigenvalue weighted by atomic mass is 10.1. The van der Waals surface area contributed by atoms with Crippen LogP contribution in [-0.4, -0.2) is 45.8 Å². The van der Waals surface area contributed by atoms with Crippen molar-refractivity contribution in [3.63, 3.8) is 0 Å². The monoisotopic (exact) mass is 398 g/mol. The topological polar surface area (TPSA) is 49.6 Å². The first-order valence-corrected chi connectivity index (χ1v) is 10.6. The van der Waals surface area contributed by atoms with Crippen molar-refractivity contribution in [3.05, 3.63) is 72.7 Å². The normalized spacial score (nSPS) is 14.6. The highest BCUT2D eigenvalue weighted by Crippen LogP contribution is 2.29. The molecule has 1 fully saturated rings. The highest BCUT2D eigenvalue weighted by Gasteiger charge is 2.23. The van der Waals surface area contributed by atoms with Crippen LogP contribution in [-0.2, 0) is 0 Å². The number of benzene rings is 1. The summed E-state index contributed by atoms with van der Waals surface area (Å²) < 4.78 is 2.00. The molecule has 152 valence electrons. The number of piperazine rings is 1. The maximum atomic E-state index is 4.98. The molecule has 6 heteroatoms. The first-order valence-electron chi connectivity index (χ1n) is 10.6. The summed E-state index contributed by atoms with van der Waals surface area (Å²) in [5, 5.41) is 4.73. The zero-order valence-electron chi connectivity index (χ0n) is 17.4. The Morgan fingerprint density at radius 3 is 2.30 bits per heavy atom. The van der Waals surface area contributed by atoms with Crippen LogP contribution in [0.4, 0.5) is 11.6 Å². The molecule has 3 aromatic heterocycles. The van der Waals surface area contributed by atoms with Crippen LogP contribution in [0.3, 0.4) is 0 Å². The third kappa shape index (κ3) is 3.38. The fourth-order valence-electron chi connectivity index (χ4n) is 4.01. The van der Waals surface area contributed by atoms with Gasteiger partial charge in [0, 0.05) is 49.7 Å². The molecule has 0 bridgehead atoms. The average molecular weight is 399 g/mol. The molecule has 0 saturated carbocycles. The maximum absolute atomic E-state index is 4.98. The Bertz CT molecular complexity index is 1130. The highest BCUT2D eigenvalue weighted by molar-refractivity contribution is 5.78. The van der Waals surface area contributed by atoms with Gasteiger partial charge in [0.25, 0.3) is 0 Å². The molecule has 5 rings (SSSR count). The van der Waals surface area contributed by atoms with E-state index in [4.69, 9.17) is 10.1 Å². The van der Waals surface area contributed by atoms with E-state index in [1.54, 1.807) is 0 Å². The summed E-state index contributed by atoms with van der Waals surface area (Å²) in [6.07, 6.45) is 3.80. The molecule has 4 aromatic rings. The first-order chi connectivity index (χ1) is 14.7. The summed E-state index contributed by atoms with van der Waals surface area (Å²) in [7, 11) is 0. The summed E-state index contributed by atoms with van der Waals surface area (Å²) >= 11 is 0. The summed E-state index contributed by atoms with van der Waals surface area (Å²) in [5.41, 5.74) is 4.25. The van der Waals surface area contributed by atoms with Crippen LogP contribution in [0.15, 0.2) is 67.0 Å². The predicted molar refractivity (Wildman–Crippen MR) is 121 cm³/mol. The Morgan fingerprint density at radius 1 is 0.867 bits per heavy atom. The lowest BCUT2D eigenvalue weighted by molar-refractivity contribution is 0.632. The lowest BCUT2D eigenvalue weighted by Crippen LogP contribution is -2.47. The van der Waals surface area contributed by atoms with Crippen molar-refractivity contribution in [2.75, 3.05) is 36.0 Å². The summed E-state index contributed by atoms with van der Waals surface area (Å²) in [6, 6.07) is 18.7. The van der Waals surface area contributed by atoms with Crippen molar-refractivity contribution in [2.24, 2.45) is 0 Å². The van der Waals surface area contributed by atoms with E-state index in [1.165, 1.54) is 0 Å². The smallest absolute Gasteiger partial charge is 0.165 e. The van der Waals surface area contributed by atoms with Gasteiger partial charge in [-0.2, -0.15) is 9.61 Å². The van der Waals surface area contributed by atoms with Crippen LogP contribution in [0.25, 0.3) is 16.8 Å². The molecule has 0 unspecified atom stereocenters. The van der Waals surface area contributed by atoms with Gasteiger partial charge in [0.05, 0.1) is 6.20 Å². The third-order valence-corrected chi connectivity index (χ3v) is 5.73. The van der Waals surface area contributed by atoms with Crippen molar-refractivity contribution in [1.82, 2.24) is 19.6 Å². The van der Waals surface area contributed by atoms with Crippen LogP contribution in [0, 0.1) is 0 Å². The number of hydrogen-bond acceptors (Lipinski definition) is 5. The fourth-order valence-corrected chi connectivity index (χ4v) is 4.01. The van der Waals surface area contributed by atoms with E-state index in [9.17, 15) is 0 Å². The zero-order chi connectivity index (χ0) is 20.5. The molecule has 0 amide bonds. The summed E-state index contributed by atoms with van der Waals surface area (Å²) in [5.74, 6) is 2.51. The minimum Gasteiger partial charge on any atom is -0.353 e. The van der Waals surface area contributed by atoms with E-state index in [0.717, 1.165) is 60.3 Å². The van der Waals surface area contributed by atoms with Gasteiger partial charge in [-0.25, -0.2) is 9.97 Å². The Morgan fingerprint density at radius 2 is 1.60 bits per heavy atom. The van der Waals surface area contributed by atoms with Gasteiger partial charge in [0.1, 0.15) is 11.6 Å². The number of rotatable bonds is 4. The molecule has 6 nitrogen and oxygen atoms in total. The minimum atomic E-state index is 0.349. The van der Waals surface area contributed by atoms with Crippen LogP contribution in [0.1, 0.15) is 25.5 Å². The van der Waals surface area contributed by atoms with Crippen LogP contribution in [0.2, 0.25) is 0 Å². The Balaban J connectivity index is 1.51. The molecule has 1 saturated heterocycles. The molecule has 1 aliphatic rings. The van der Waals surface area contributed by atoms with Crippen molar-refractivity contribution < 1.29 is 0 Å². The molecule has 4 heterocycles. The number of hydrogen-bond donors (Lipinski definition) is 0. The first kappa shape index (κ1) is 18.6. The van der Waals surface area contributed by atoms with E-state index in [2.05, 4.69) is 65.0 Å². The zero-order valence-corrected chi connectivity index (χ0v) is 17.4. The second-order valence-corrected chi connectivity index (χ2v) is 8.02. The van der Waals surface area contributed by atoms with Gasteiger partial charge in [0.15, 0.2) is 5.65 Å². The van der Waals surface area contributed by atoms with Crippen LogP contribution in [0.5, 0.6) is 0 Å². The van der Waals surface area contributed by atoms with E-state index < -0.39 is 0 Å². The molecule has 0 aliphatic carbocycles. The molecular formula is C24H26N6. The van der Waals surface area contributed by atoms with Gasteiger partial charge in [-0.1, -0.05) is 50.2 Å². The molecule has 1 aromatic carbocycles. The van der Waals surface area contributed by atoms with Gasteiger partial charge in [-0.15, -0.1) is 0 Å². The van der Waals surface area contributed by atoms with E-state index >= 15 is 0 Å². The number of fused-ring (bicyclic) bond motifs is 1. The van der Waals surface area contributed by atoms with Crippen molar-refractivity contribution >= 4 is 17.3 Å². The third-order valence-electron chi connectivity index (χ3n) is 5.73. The number of aromatic nitrogens is 4. The summed E-state index contributed by atoms with van der Waals surface area (Å²) in [6.45, 7) is 8.11. The molecule has 0 spiro atoms. The SMILES string of the molecule is CC(C)c1cc(N2CCN(c3ccccn3)CC2)n2ncc(-c3ccccc3)c2n1. The van der Waals surface area contributed by atoms with E-state index in [0.29, 0.717) is 5.92 Å². The molecule has 0 atom stereocenters. The number of anilines is 2. The molecule has 0 radical (unpaired) electrons.